The molecule has 0 fully saturated rings. The number of rotatable bonds is 9. The first-order valence-corrected chi connectivity index (χ1v) is 9.98. The molecule has 0 N–H and O–H groups in total. The molecule has 144 valence electrons. The number of hydrogen-bond donors (Lipinski definition) is 0. The molecule has 0 aromatic heterocycles. The lowest BCUT2D eigenvalue weighted by Gasteiger charge is -2.20. The van der Waals surface area contributed by atoms with Crippen molar-refractivity contribution >= 4 is 7.32 Å². The lowest BCUT2D eigenvalue weighted by molar-refractivity contribution is 0.303. The van der Waals surface area contributed by atoms with Gasteiger partial charge in [0.05, 0.1) is 0 Å². The highest BCUT2D eigenvalue weighted by atomic mass is 16.7. The van der Waals surface area contributed by atoms with Crippen molar-refractivity contribution in [2.75, 3.05) is 0 Å². The molecule has 0 saturated heterocycles. The third kappa shape index (κ3) is 4.89. The van der Waals surface area contributed by atoms with Crippen LogP contribution in [-0.2, 0) is 19.3 Å². The van der Waals surface area contributed by atoms with Crippen molar-refractivity contribution in [3.63, 3.8) is 0 Å². The quantitative estimate of drug-likeness (QED) is 0.437. The first-order chi connectivity index (χ1) is 13.7. The Bertz CT molecular complexity index is 777. The molecule has 0 bridgehead atoms. The summed E-state index contributed by atoms with van der Waals surface area (Å²) in [7, 11) is -0.881. The Hall–Kier alpha value is -2.88. The molecular weight excluding hydrogens is 347 g/mol. The summed E-state index contributed by atoms with van der Waals surface area (Å²) in [5.41, 5.74) is 3.35. The zero-order valence-electron chi connectivity index (χ0n) is 16.9. The standard InChI is InChI=1S/C24H27BO3/c1-4-19-13-7-10-16-22(19)26-25(27-23-17-11-8-14-20(23)5-2)28-24-18-12-9-15-21(24)6-3/h7-18H,4-6H2,1-3H3. The molecule has 0 aliphatic carbocycles. The van der Waals surface area contributed by atoms with Crippen LogP contribution in [0.2, 0.25) is 0 Å². The first kappa shape index (κ1) is 19.9. The second-order valence-corrected chi connectivity index (χ2v) is 6.53. The van der Waals surface area contributed by atoms with E-state index < -0.39 is 7.32 Å². The molecule has 3 nitrogen and oxygen atoms in total. The molecule has 28 heavy (non-hydrogen) atoms. The Morgan fingerprint density at radius 3 is 1.07 bits per heavy atom. The molecule has 0 spiro atoms. The average Bonchev–Trinajstić information content (AvgIpc) is 2.75. The molecule has 0 atom stereocenters. The van der Waals surface area contributed by atoms with Gasteiger partial charge in [-0.3, -0.25) is 0 Å². The minimum absolute atomic E-state index is 0.776. The van der Waals surface area contributed by atoms with Crippen LogP contribution in [0.4, 0.5) is 0 Å². The molecule has 0 aliphatic heterocycles. The van der Waals surface area contributed by atoms with E-state index in [1.165, 1.54) is 0 Å². The van der Waals surface area contributed by atoms with Gasteiger partial charge in [-0.25, -0.2) is 0 Å². The van der Waals surface area contributed by atoms with Crippen LogP contribution in [0.5, 0.6) is 17.2 Å². The van der Waals surface area contributed by atoms with Crippen LogP contribution in [0, 0.1) is 0 Å². The van der Waals surface area contributed by atoms with Gasteiger partial charge in [0.2, 0.25) is 0 Å². The van der Waals surface area contributed by atoms with Crippen LogP contribution < -0.4 is 14.0 Å². The van der Waals surface area contributed by atoms with E-state index in [1.807, 2.05) is 54.6 Å². The van der Waals surface area contributed by atoms with E-state index in [2.05, 4.69) is 39.0 Å². The third-order valence-electron chi connectivity index (χ3n) is 4.73. The summed E-state index contributed by atoms with van der Waals surface area (Å²) in [5, 5.41) is 0. The third-order valence-corrected chi connectivity index (χ3v) is 4.73. The molecule has 0 unspecified atom stereocenters. The van der Waals surface area contributed by atoms with Gasteiger partial charge in [-0.15, -0.1) is 0 Å². The van der Waals surface area contributed by atoms with Crippen molar-refractivity contribution < 1.29 is 14.0 Å². The first-order valence-electron chi connectivity index (χ1n) is 9.98. The number of para-hydroxylation sites is 3. The lowest BCUT2D eigenvalue weighted by atomic mass is 10.1. The molecule has 4 heteroatoms. The van der Waals surface area contributed by atoms with Crippen LogP contribution in [0.3, 0.4) is 0 Å². The van der Waals surface area contributed by atoms with Crippen LogP contribution in [0.15, 0.2) is 72.8 Å². The van der Waals surface area contributed by atoms with Crippen molar-refractivity contribution in [2.24, 2.45) is 0 Å². The predicted molar refractivity (Wildman–Crippen MR) is 115 cm³/mol. The molecule has 0 heterocycles. The largest absolute Gasteiger partial charge is 0.864 e. The maximum atomic E-state index is 6.20. The van der Waals surface area contributed by atoms with Crippen LogP contribution in [0.1, 0.15) is 37.5 Å². The summed E-state index contributed by atoms with van der Waals surface area (Å²) < 4.78 is 18.6. The fourth-order valence-corrected chi connectivity index (χ4v) is 3.12. The van der Waals surface area contributed by atoms with E-state index in [0.29, 0.717) is 0 Å². The van der Waals surface area contributed by atoms with E-state index in [9.17, 15) is 0 Å². The topological polar surface area (TPSA) is 27.7 Å². The van der Waals surface area contributed by atoms with E-state index in [4.69, 9.17) is 14.0 Å². The van der Waals surface area contributed by atoms with E-state index >= 15 is 0 Å². The molecule has 0 amide bonds. The minimum atomic E-state index is -0.881. The number of benzene rings is 3. The summed E-state index contributed by atoms with van der Waals surface area (Å²) in [4.78, 5) is 0. The summed E-state index contributed by atoms with van der Waals surface area (Å²) in [6.07, 6.45) is 2.62. The zero-order chi connectivity index (χ0) is 19.8. The van der Waals surface area contributed by atoms with Crippen molar-refractivity contribution in [1.82, 2.24) is 0 Å². The highest BCUT2D eigenvalue weighted by molar-refractivity contribution is 6.39. The average molecular weight is 374 g/mol. The van der Waals surface area contributed by atoms with Gasteiger partial charge in [-0.05, 0) is 54.2 Å². The highest BCUT2D eigenvalue weighted by Crippen LogP contribution is 2.25. The molecule has 0 radical (unpaired) electrons. The smallest absolute Gasteiger partial charge is 0.489 e. The van der Waals surface area contributed by atoms with Gasteiger partial charge in [-0.1, -0.05) is 75.4 Å². The Balaban J connectivity index is 1.91. The minimum Gasteiger partial charge on any atom is -0.489 e. The highest BCUT2D eigenvalue weighted by Gasteiger charge is 2.32. The monoisotopic (exact) mass is 374 g/mol. The fourth-order valence-electron chi connectivity index (χ4n) is 3.12. The normalized spacial score (nSPS) is 10.4. The molecule has 3 aromatic rings. The van der Waals surface area contributed by atoms with E-state index in [0.717, 1.165) is 53.2 Å². The number of hydrogen-bond acceptors (Lipinski definition) is 3. The predicted octanol–water partition coefficient (Wildman–Crippen LogP) is 5.90. The van der Waals surface area contributed by atoms with Gasteiger partial charge < -0.3 is 14.0 Å². The molecular formula is C24H27BO3. The second kappa shape index (κ2) is 9.89. The van der Waals surface area contributed by atoms with Crippen LogP contribution in [-0.4, -0.2) is 7.32 Å². The van der Waals surface area contributed by atoms with Crippen molar-refractivity contribution in [3.8, 4) is 17.2 Å². The Morgan fingerprint density at radius 2 is 0.786 bits per heavy atom. The SMILES string of the molecule is CCc1ccccc1OB(Oc1ccccc1CC)Oc1ccccc1CC. The Kier molecular flexibility index (Phi) is 7.02. The molecule has 3 rings (SSSR count). The maximum Gasteiger partial charge on any atom is 0.864 e. The van der Waals surface area contributed by atoms with Crippen LogP contribution in [0.25, 0.3) is 0 Å². The zero-order valence-corrected chi connectivity index (χ0v) is 16.9. The molecule has 0 aliphatic rings. The lowest BCUT2D eigenvalue weighted by Crippen LogP contribution is -2.37. The van der Waals surface area contributed by atoms with Gasteiger partial charge in [-0.2, -0.15) is 0 Å². The van der Waals surface area contributed by atoms with Crippen LogP contribution >= 0.6 is 0 Å². The van der Waals surface area contributed by atoms with Gasteiger partial charge >= 0.3 is 7.32 Å². The Labute approximate surface area is 168 Å². The number of aryl methyl sites for hydroxylation is 3. The van der Waals surface area contributed by atoms with E-state index in [1.54, 1.807) is 0 Å². The molecule has 0 saturated carbocycles. The van der Waals surface area contributed by atoms with Gasteiger partial charge in [0, 0.05) is 0 Å². The summed E-state index contributed by atoms with van der Waals surface area (Å²) in [5.74, 6) is 2.33. The summed E-state index contributed by atoms with van der Waals surface area (Å²) in [6, 6.07) is 24.0. The Morgan fingerprint density at radius 1 is 0.500 bits per heavy atom. The molecule has 3 aromatic carbocycles. The van der Waals surface area contributed by atoms with Crippen molar-refractivity contribution in [3.05, 3.63) is 89.5 Å². The summed E-state index contributed by atoms with van der Waals surface area (Å²) in [6.45, 7) is 6.33. The van der Waals surface area contributed by atoms with Gasteiger partial charge in [0.1, 0.15) is 17.2 Å². The van der Waals surface area contributed by atoms with Crippen molar-refractivity contribution in [2.45, 2.75) is 40.0 Å². The fraction of sp³-hybridized carbons (Fsp3) is 0.250. The van der Waals surface area contributed by atoms with Gasteiger partial charge in [0.15, 0.2) is 0 Å². The second-order valence-electron chi connectivity index (χ2n) is 6.53. The van der Waals surface area contributed by atoms with Crippen molar-refractivity contribution in [1.29, 1.82) is 0 Å². The van der Waals surface area contributed by atoms with E-state index in [-0.39, 0.29) is 0 Å². The maximum absolute atomic E-state index is 6.20. The summed E-state index contributed by atoms with van der Waals surface area (Å²) >= 11 is 0. The van der Waals surface area contributed by atoms with Gasteiger partial charge in [0.25, 0.3) is 0 Å².